The third-order valence-corrected chi connectivity index (χ3v) is 2.63. The van der Waals surface area contributed by atoms with Gasteiger partial charge >= 0.3 is 6.03 Å². The second-order valence-electron chi connectivity index (χ2n) is 4.85. The van der Waals surface area contributed by atoms with E-state index in [1.54, 1.807) is 18.2 Å². The van der Waals surface area contributed by atoms with Crippen LogP contribution in [-0.2, 0) is 6.42 Å². The summed E-state index contributed by atoms with van der Waals surface area (Å²) in [5.41, 5.74) is 6.38. The van der Waals surface area contributed by atoms with Gasteiger partial charge in [-0.2, -0.15) is 10.5 Å². The number of nitrogens with zero attached hydrogens (tertiary/aromatic N) is 2. The van der Waals surface area contributed by atoms with Crippen LogP contribution in [0.5, 0.6) is 0 Å². The van der Waals surface area contributed by atoms with Gasteiger partial charge in [0.2, 0.25) is 0 Å². The van der Waals surface area contributed by atoms with Crippen molar-refractivity contribution >= 4 is 11.7 Å². The number of para-hydroxylation sites is 1. The standard InChI is InChI=1S/C15H17N5O/c1-10(2)7-11-5-3-4-6-13(11)19-15(21)20-14(9-17)12(18)8-16/h3-6,10H,7,18H2,1-2H3,(H2,19,20,21). The molecular formula is C15H17N5O. The van der Waals surface area contributed by atoms with Crippen LogP contribution in [0.15, 0.2) is 35.7 Å². The number of amides is 2. The Hall–Kier alpha value is -2.99. The number of rotatable bonds is 4. The smallest absolute Gasteiger partial charge is 0.324 e. The molecule has 0 aliphatic heterocycles. The largest absolute Gasteiger partial charge is 0.388 e. The Bertz CT molecular complexity index is 634. The van der Waals surface area contributed by atoms with Gasteiger partial charge in [0.25, 0.3) is 0 Å². The summed E-state index contributed by atoms with van der Waals surface area (Å²) < 4.78 is 0. The average Bonchev–Trinajstić information content (AvgIpc) is 2.45. The van der Waals surface area contributed by atoms with Crippen molar-refractivity contribution in [1.82, 2.24) is 5.32 Å². The van der Waals surface area contributed by atoms with E-state index in [-0.39, 0.29) is 11.4 Å². The highest BCUT2D eigenvalue weighted by molar-refractivity contribution is 5.91. The first kappa shape index (κ1) is 16.1. The van der Waals surface area contributed by atoms with Gasteiger partial charge in [0.15, 0.2) is 5.70 Å². The second kappa shape index (κ2) is 7.56. The summed E-state index contributed by atoms with van der Waals surface area (Å²) in [5.74, 6) is 0.444. The quantitative estimate of drug-likeness (QED) is 0.735. The molecule has 1 aromatic carbocycles. The van der Waals surface area contributed by atoms with Crippen molar-refractivity contribution in [2.24, 2.45) is 11.7 Å². The van der Waals surface area contributed by atoms with E-state index in [0.29, 0.717) is 11.6 Å². The van der Waals surface area contributed by atoms with E-state index in [1.807, 2.05) is 18.2 Å². The number of nitriles is 2. The lowest BCUT2D eigenvalue weighted by Crippen LogP contribution is -2.30. The van der Waals surface area contributed by atoms with Gasteiger partial charge in [0.1, 0.15) is 17.8 Å². The molecule has 6 heteroatoms. The zero-order valence-electron chi connectivity index (χ0n) is 12.0. The molecule has 0 aliphatic rings. The number of urea groups is 1. The maximum atomic E-state index is 11.9. The summed E-state index contributed by atoms with van der Waals surface area (Å²) in [6.07, 6.45) is 0.817. The van der Waals surface area contributed by atoms with Gasteiger partial charge in [0, 0.05) is 5.69 Å². The van der Waals surface area contributed by atoms with E-state index in [2.05, 4.69) is 24.5 Å². The van der Waals surface area contributed by atoms with E-state index >= 15 is 0 Å². The lowest BCUT2D eigenvalue weighted by atomic mass is 10.0. The minimum Gasteiger partial charge on any atom is -0.388 e. The van der Waals surface area contributed by atoms with Gasteiger partial charge in [-0.15, -0.1) is 0 Å². The maximum absolute atomic E-state index is 11.9. The van der Waals surface area contributed by atoms with Crippen LogP contribution in [0.2, 0.25) is 0 Å². The lowest BCUT2D eigenvalue weighted by molar-refractivity contribution is 0.254. The van der Waals surface area contributed by atoms with E-state index in [4.69, 9.17) is 16.3 Å². The molecule has 0 unspecified atom stereocenters. The highest BCUT2D eigenvalue weighted by atomic mass is 16.2. The molecule has 0 heterocycles. The molecule has 0 radical (unpaired) electrons. The first-order valence-electron chi connectivity index (χ1n) is 6.43. The number of nitrogens with two attached hydrogens (primary N) is 1. The summed E-state index contributed by atoms with van der Waals surface area (Å²) in [6, 6.07) is 10.1. The minimum absolute atomic E-state index is 0.267. The average molecular weight is 283 g/mol. The predicted molar refractivity (Wildman–Crippen MR) is 79.6 cm³/mol. The molecule has 2 amide bonds. The van der Waals surface area contributed by atoms with Crippen molar-refractivity contribution < 1.29 is 4.79 Å². The SMILES string of the molecule is CC(C)Cc1ccccc1NC(=O)NC(C#N)=C(N)C#N. The third-order valence-electron chi connectivity index (χ3n) is 2.63. The Kier molecular flexibility index (Phi) is 5.79. The number of hydrogen-bond donors (Lipinski definition) is 3. The molecule has 6 nitrogen and oxygen atoms in total. The van der Waals surface area contributed by atoms with Crippen molar-refractivity contribution in [2.75, 3.05) is 5.32 Å². The predicted octanol–water partition coefficient (Wildman–Crippen LogP) is 2.22. The Labute approximate surface area is 123 Å². The number of allylic oxidation sites excluding steroid dienone is 2. The number of benzene rings is 1. The Balaban J connectivity index is 2.86. The van der Waals surface area contributed by atoms with Crippen LogP contribution >= 0.6 is 0 Å². The molecule has 0 aliphatic carbocycles. The van der Waals surface area contributed by atoms with Gasteiger partial charge in [-0.1, -0.05) is 32.0 Å². The van der Waals surface area contributed by atoms with Gasteiger partial charge in [-0.25, -0.2) is 4.79 Å². The number of nitrogens with one attached hydrogen (secondary N) is 2. The van der Waals surface area contributed by atoms with Gasteiger partial charge < -0.3 is 11.1 Å². The van der Waals surface area contributed by atoms with E-state index < -0.39 is 6.03 Å². The molecule has 0 fully saturated rings. The normalized spacial score (nSPS) is 11.1. The van der Waals surface area contributed by atoms with Crippen LogP contribution in [0, 0.1) is 28.6 Å². The van der Waals surface area contributed by atoms with E-state index in [9.17, 15) is 4.79 Å². The van der Waals surface area contributed by atoms with Gasteiger partial charge in [-0.05, 0) is 24.0 Å². The summed E-state index contributed by atoms with van der Waals surface area (Å²) in [5, 5.41) is 22.4. The number of carbonyl (C=O) groups excluding carboxylic acids is 1. The molecule has 1 rings (SSSR count). The third kappa shape index (κ3) is 4.88. The molecule has 1 aromatic rings. The molecule has 0 saturated heterocycles. The van der Waals surface area contributed by atoms with Crippen LogP contribution in [0.1, 0.15) is 19.4 Å². The van der Waals surface area contributed by atoms with Crippen molar-refractivity contribution in [3.8, 4) is 12.1 Å². The zero-order valence-corrected chi connectivity index (χ0v) is 12.0. The van der Waals surface area contributed by atoms with E-state index in [0.717, 1.165) is 12.0 Å². The minimum atomic E-state index is -0.610. The van der Waals surface area contributed by atoms with Crippen LogP contribution in [0.25, 0.3) is 0 Å². The Morgan fingerprint density at radius 1 is 1.29 bits per heavy atom. The van der Waals surface area contributed by atoms with E-state index in [1.165, 1.54) is 0 Å². The molecule has 4 N–H and O–H groups in total. The fourth-order valence-corrected chi connectivity index (χ4v) is 1.74. The van der Waals surface area contributed by atoms with Crippen LogP contribution in [0.4, 0.5) is 10.5 Å². The highest BCUT2D eigenvalue weighted by Crippen LogP contribution is 2.18. The molecule has 0 saturated carbocycles. The van der Waals surface area contributed by atoms with Crippen LogP contribution in [0.3, 0.4) is 0 Å². The number of carbonyl (C=O) groups is 1. The summed E-state index contributed by atoms with van der Waals surface area (Å²) in [7, 11) is 0. The summed E-state index contributed by atoms with van der Waals surface area (Å²) >= 11 is 0. The molecule has 21 heavy (non-hydrogen) atoms. The fraction of sp³-hybridized carbons (Fsp3) is 0.267. The molecule has 0 spiro atoms. The first-order chi connectivity index (χ1) is 9.97. The monoisotopic (exact) mass is 283 g/mol. The Morgan fingerprint density at radius 2 is 1.95 bits per heavy atom. The second-order valence-corrected chi connectivity index (χ2v) is 4.85. The van der Waals surface area contributed by atoms with Gasteiger partial charge in [0.05, 0.1) is 0 Å². The maximum Gasteiger partial charge on any atom is 0.324 e. The Morgan fingerprint density at radius 3 is 2.52 bits per heavy atom. The molecule has 0 bridgehead atoms. The van der Waals surface area contributed by atoms with Crippen molar-refractivity contribution in [3.05, 3.63) is 41.2 Å². The summed E-state index contributed by atoms with van der Waals surface area (Å²) in [6.45, 7) is 4.17. The summed E-state index contributed by atoms with van der Waals surface area (Å²) in [4.78, 5) is 11.9. The molecule has 108 valence electrons. The van der Waals surface area contributed by atoms with Gasteiger partial charge in [-0.3, -0.25) is 5.32 Å². The zero-order chi connectivity index (χ0) is 15.8. The molecule has 0 atom stereocenters. The van der Waals surface area contributed by atoms with Crippen molar-refractivity contribution in [3.63, 3.8) is 0 Å². The fourth-order valence-electron chi connectivity index (χ4n) is 1.74. The molecule has 0 aromatic heterocycles. The lowest BCUT2D eigenvalue weighted by Gasteiger charge is -2.13. The molecular weight excluding hydrogens is 266 g/mol. The number of hydrogen-bond acceptors (Lipinski definition) is 4. The van der Waals surface area contributed by atoms with Crippen LogP contribution < -0.4 is 16.4 Å². The first-order valence-corrected chi connectivity index (χ1v) is 6.43. The highest BCUT2D eigenvalue weighted by Gasteiger charge is 2.10. The van der Waals surface area contributed by atoms with Crippen LogP contribution in [-0.4, -0.2) is 6.03 Å². The van der Waals surface area contributed by atoms with Crippen molar-refractivity contribution in [1.29, 1.82) is 10.5 Å². The van der Waals surface area contributed by atoms with Crippen molar-refractivity contribution in [2.45, 2.75) is 20.3 Å². The number of anilines is 1. The topological polar surface area (TPSA) is 115 Å².